The molecule has 0 radical (unpaired) electrons. The van der Waals surface area contributed by atoms with Gasteiger partial charge in [-0.2, -0.15) is 0 Å². The molecule has 1 amide bonds. The van der Waals surface area contributed by atoms with E-state index in [4.69, 9.17) is 9.47 Å². The molecule has 1 fully saturated rings. The maximum absolute atomic E-state index is 12.6. The zero-order valence-corrected chi connectivity index (χ0v) is 14.4. The van der Waals surface area contributed by atoms with Gasteiger partial charge < -0.3 is 14.4 Å². The van der Waals surface area contributed by atoms with Crippen LogP contribution in [0.2, 0.25) is 0 Å². The summed E-state index contributed by atoms with van der Waals surface area (Å²) in [6.45, 7) is 3.48. The van der Waals surface area contributed by atoms with Crippen LogP contribution in [0.15, 0.2) is 24.3 Å². The van der Waals surface area contributed by atoms with Gasteiger partial charge in [0.15, 0.2) is 0 Å². The van der Waals surface area contributed by atoms with Gasteiger partial charge in [-0.25, -0.2) is 8.42 Å². The highest BCUT2D eigenvalue weighted by Gasteiger charge is 2.32. The van der Waals surface area contributed by atoms with Crippen molar-refractivity contribution in [3.63, 3.8) is 0 Å². The van der Waals surface area contributed by atoms with Crippen LogP contribution in [0.5, 0.6) is 5.75 Å². The van der Waals surface area contributed by atoms with Crippen LogP contribution in [0, 0.1) is 0 Å². The van der Waals surface area contributed by atoms with Crippen LogP contribution in [0.3, 0.4) is 0 Å². The first-order valence-electron chi connectivity index (χ1n) is 7.34. The van der Waals surface area contributed by atoms with Crippen molar-refractivity contribution in [3.8, 4) is 5.75 Å². The van der Waals surface area contributed by atoms with Crippen molar-refractivity contribution in [3.05, 3.63) is 24.3 Å². The monoisotopic (exact) mass is 342 g/mol. The van der Waals surface area contributed by atoms with Gasteiger partial charge in [0.05, 0.1) is 32.3 Å². The third kappa shape index (κ3) is 4.14. The van der Waals surface area contributed by atoms with Gasteiger partial charge in [0.1, 0.15) is 11.8 Å². The molecule has 0 bridgehead atoms. The molecule has 1 aromatic carbocycles. The summed E-state index contributed by atoms with van der Waals surface area (Å²) >= 11 is 0. The van der Waals surface area contributed by atoms with Crippen molar-refractivity contribution in [2.75, 3.05) is 44.0 Å². The van der Waals surface area contributed by atoms with Crippen molar-refractivity contribution in [1.82, 2.24) is 4.90 Å². The first-order chi connectivity index (χ1) is 10.8. The Morgan fingerprint density at radius 2 is 2.00 bits per heavy atom. The number of rotatable bonds is 5. The number of methoxy groups -OCH3 is 1. The molecule has 0 unspecified atom stereocenters. The van der Waals surface area contributed by atoms with Crippen LogP contribution in [-0.4, -0.2) is 64.9 Å². The van der Waals surface area contributed by atoms with Crippen molar-refractivity contribution >= 4 is 21.6 Å². The highest BCUT2D eigenvalue weighted by molar-refractivity contribution is 7.92. The second-order valence-corrected chi connectivity index (χ2v) is 7.23. The summed E-state index contributed by atoms with van der Waals surface area (Å²) in [5, 5.41) is 0. The van der Waals surface area contributed by atoms with E-state index in [-0.39, 0.29) is 5.91 Å². The molecule has 1 heterocycles. The summed E-state index contributed by atoms with van der Waals surface area (Å²) < 4.78 is 36.0. The number of carbonyl (C=O) groups is 1. The van der Waals surface area contributed by atoms with Crippen LogP contribution in [-0.2, 0) is 19.6 Å². The number of anilines is 1. The maximum atomic E-state index is 12.6. The lowest BCUT2D eigenvalue weighted by Crippen LogP contribution is -2.52. The summed E-state index contributed by atoms with van der Waals surface area (Å²) in [7, 11) is -2.12. The van der Waals surface area contributed by atoms with Crippen LogP contribution >= 0.6 is 0 Å². The molecule has 1 aliphatic heterocycles. The second-order valence-electron chi connectivity index (χ2n) is 5.37. The Bertz CT molecular complexity index is 656. The lowest BCUT2D eigenvalue weighted by atomic mass is 10.2. The normalized spacial score (nSPS) is 16.7. The van der Waals surface area contributed by atoms with Crippen molar-refractivity contribution < 1.29 is 22.7 Å². The summed E-state index contributed by atoms with van der Waals surface area (Å²) in [6.07, 6.45) is 1.09. The molecule has 23 heavy (non-hydrogen) atoms. The summed E-state index contributed by atoms with van der Waals surface area (Å²) in [5.74, 6) is 0.295. The molecule has 7 nitrogen and oxygen atoms in total. The van der Waals surface area contributed by atoms with Gasteiger partial charge in [0.2, 0.25) is 15.9 Å². The number of carbonyl (C=O) groups excluding carboxylic acids is 1. The van der Waals surface area contributed by atoms with E-state index < -0.39 is 16.1 Å². The smallest absolute Gasteiger partial charge is 0.246 e. The number of hydrogen-bond donors (Lipinski definition) is 0. The molecule has 0 aromatic heterocycles. The third-order valence-corrected chi connectivity index (χ3v) is 4.94. The molecular formula is C15H22N2O5S. The largest absolute Gasteiger partial charge is 0.497 e. The molecule has 128 valence electrons. The molecule has 0 N–H and O–H groups in total. The molecule has 0 spiro atoms. The van der Waals surface area contributed by atoms with E-state index in [0.29, 0.717) is 37.7 Å². The summed E-state index contributed by atoms with van der Waals surface area (Å²) in [6, 6.07) is 5.82. The fourth-order valence-corrected chi connectivity index (χ4v) is 3.76. The quantitative estimate of drug-likeness (QED) is 0.788. The number of nitrogens with zero attached hydrogens (tertiary/aromatic N) is 2. The lowest BCUT2D eigenvalue weighted by molar-refractivity contribution is -0.136. The number of benzene rings is 1. The van der Waals surface area contributed by atoms with E-state index in [1.54, 1.807) is 36.1 Å². The van der Waals surface area contributed by atoms with E-state index in [2.05, 4.69) is 0 Å². The third-order valence-electron chi connectivity index (χ3n) is 3.70. The number of morpholine rings is 1. The van der Waals surface area contributed by atoms with Gasteiger partial charge in [0.25, 0.3) is 0 Å². The molecule has 0 saturated carbocycles. The predicted molar refractivity (Wildman–Crippen MR) is 87.2 cm³/mol. The van der Waals surface area contributed by atoms with Crippen molar-refractivity contribution in [2.45, 2.75) is 13.0 Å². The lowest BCUT2D eigenvalue weighted by Gasteiger charge is -2.34. The average molecular weight is 342 g/mol. The van der Waals surface area contributed by atoms with E-state index in [1.165, 1.54) is 7.11 Å². The van der Waals surface area contributed by atoms with Gasteiger partial charge in [-0.1, -0.05) is 6.07 Å². The highest BCUT2D eigenvalue weighted by atomic mass is 32.2. The zero-order valence-electron chi connectivity index (χ0n) is 13.6. The Balaban J connectivity index is 2.32. The summed E-state index contributed by atoms with van der Waals surface area (Å²) in [5.41, 5.74) is 0.404. The van der Waals surface area contributed by atoms with E-state index in [0.717, 1.165) is 10.6 Å². The SMILES string of the molecule is COc1cccc(N([C@H](C)C(=O)N2CCOCC2)S(C)(=O)=O)c1. The minimum absolute atomic E-state index is 0.235. The molecule has 0 aliphatic carbocycles. The molecule has 1 aliphatic rings. The van der Waals surface area contributed by atoms with Crippen LogP contribution in [0.4, 0.5) is 5.69 Å². The van der Waals surface area contributed by atoms with Gasteiger partial charge in [-0.15, -0.1) is 0 Å². The minimum atomic E-state index is -3.63. The van der Waals surface area contributed by atoms with Crippen LogP contribution in [0.1, 0.15) is 6.92 Å². The topological polar surface area (TPSA) is 76.2 Å². The van der Waals surface area contributed by atoms with Gasteiger partial charge >= 0.3 is 0 Å². The Kier molecular flexibility index (Phi) is 5.48. The Morgan fingerprint density at radius 1 is 1.35 bits per heavy atom. The Hall–Kier alpha value is -1.80. The fourth-order valence-electron chi connectivity index (χ4n) is 2.60. The molecule has 8 heteroatoms. The molecule has 2 rings (SSSR count). The zero-order chi connectivity index (χ0) is 17.0. The van der Waals surface area contributed by atoms with Crippen LogP contribution in [0.25, 0.3) is 0 Å². The number of ether oxygens (including phenoxy) is 2. The summed E-state index contributed by atoms with van der Waals surface area (Å²) in [4.78, 5) is 14.3. The van der Waals surface area contributed by atoms with Crippen molar-refractivity contribution in [1.29, 1.82) is 0 Å². The number of sulfonamides is 1. The molecule has 1 aromatic rings. The minimum Gasteiger partial charge on any atom is -0.497 e. The maximum Gasteiger partial charge on any atom is 0.246 e. The van der Waals surface area contributed by atoms with Gasteiger partial charge in [-0.05, 0) is 19.1 Å². The first-order valence-corrected chi connectivity index (χ1v) is 9.19. The average Bonchev–Trinajstić information content (AvgIpc) is 2.54. The molecule has 1 atom stereocenters. The standard InChI is InChI=1S/C15H22N2O5S/c1-12(15(18)16-7-9-22-10-8-16)17(23(3,19)20)13-5-4-6-14(11-13)21-2/h4-6,11-12H,7-10H2,1-3H3/t12-/m1/s1. The van der Waals surface area contributed by atoms with E-state index in [9.17, 15) is 13.2 Å². The predicted octanol–water partition coefficient (Wildman–Crippen LogP) is 0.709. The van der Waals surface area contributed by atoms with Gasteiger partial charge in [0, 0.05) is 19.2 Å². The molecular weight excluding hydrogens is 320 g/mol. The van der Waals surface area contributed by atoms with Gasteiger partial charge in [-0.3, -0.25) is 9.10 Å². The fraction of sp³-hybridized carbons (Fsp3) is 0.533. The molecule has 1 saturated heterocycles. The van der Waals surface area contributed by atoms with Crippen LogP contribution < -0.4 is 9.04 Å². The Labute approximate surface area is 136 Å². The second kappa shape index (κ2) is 7.18. The number of hydrogen-bond acceptors (Lipinski definition) is 5. The highest BCUT2D eigenvalue weighted by Crippen LogP contribution is 2.26. The van der Waals surface area contributed by atoms with E-state index >= 15 is 0 Å². The first kappa shape index (κ1) is 17.6. The van der Waals surface area contributed by atoms with Crippen molar-refractivity contribution in [2.24, 2.45) is 0 Å². The Morgan fingerprint density at radius 3 is 2.57 bits per heavy atom. The van der Waals surface area contributed by atoms with E-state index in [1.807, 2.05) is 0 Å². The number of amides is 1.